The number of hydrogen-bond acceptors (Lipinski definition) is 4. The number of rotatable bonds is 5. The molecule has 1 aliphatic rings. The van der Waals surface area contributed by atoms with Crippen molar-refractivity contribution in [3.05, 3.63) is 18.2 Å². The molecule has 0 aliphatic carbocycles. The zero-order valence-corrected chi connectivity index (χ0v) is 12.6. The quantitative estimate of drug-likeness (QED) is 0.791. The maximum atomic E-state index is 9.58. The molecule has 1 unspecified atom stereocenters. The first-order valence-electron chi connectivity index (χ1n) is 7.89. The minimum atomic E-state index is 0.272. The zero-order chi connectivity index (χ0) is 14.7. The lowest BCUT2D eigenvalue weighted by atomic mass is 10.1. The summed E-state index contributed by atoms with van der Waals surface area (Å²) in [5, 5.41) is 21.2. The lowest BCUT2D eigenvalue weighted by molar-refractivity contribution is 0.169. The fourth-order valence-electron chi connectivity index (χ4n) is 3.08. The molecule has 5 heteroatoms. The van der Waals surface area contributed by atoms with Gasteiger partial charge in [-0.1, -0.05) is 6.42 Å². The Morgan fingerprint density at radius 1 is 1.33 bits per heavy atom. The van der Waals surface area contributed by atoms with Gasteiger partial charge in [0, 0.05) is 18.0 Å². The molecule has 0 radical (unpaired) electrons. The number of aromatic nitrogens is 2. The summed E-state index contributed by atoms with van der Waals surface area (Å²) in [6.07, 6.45) is 5.15. The molecule has 1 aliphatic heterocycles. The summed E-state index contributed by atoms with van der Waals surface area (Å²) >= 11 is 0. The van der Waals surface area contributed by atoms with Crippen LogP contribution in [0.15, 0.2) is 18.2 Å². The van der Waals surface area contributed by atoms with Gasteiger partial charge < -0.3 is 15.3 Å². The van der Waals surface area contributed by atoms with E-state index in [1.807, 2.05) is 6.07 Å². The van der Waals surface area contributed by atoms with E-state index in [1.54, 1.807) is 12.1 Å². The molecule has 1 fully saturated rings. The number of phenolic OH excluding ortho intramolecular Hbond substituents is 1. The molecule has 114 valence electrons. The molecule has 3 N–H and O–H groups in total. The molecule has 21 heavy (non-hydrogen) atoms. The van der Waals surface area contributed by atoms with Crippen molar-refractivity contribution < 1.29 is 5.11 Å². The van der Waals surface area contributed by atoms with Crippen molar-refractivity contribution in [2.45, 2.75) is 38.6 Å². The fraction of sp³-hybridized carbons (Fsp3) is 0.562. The number of H-pyrrole nitrogens is 1. The van der Waals surface area contributed by atoms with Gasteiger partial charge in [0.15, 0.2) is 5.82 Å². The van der Waals surface area contributed by atoms with Crippen molar-refractivity contribution in [3.63, 3.8) is 0 Å². The normalized spacial score (nSPS) is 18.0. The highest BCUT2D eigenvalue weighted by molar-refractivity contribution is 5.90. The number of nitrogens with one attached hydrogen (secondary N) is 2. The van der Waals surface area contributed by atoms with Crippen LogP contribution in [-0.2, 0) is 0 Å². The Kier molecular flexibility index (Phi) is 4.29. The fourth-order valence-corrected chi connectivity index (χ4v) is 3.08. The van der Waals surface area contributed by atoms with Gasteiger partial charge in [0.25, 0.3) is 0 Å². The molecule has 1 aromatic heterocycles. The highest BCUT2D eigenvalue weighted by Gasteiger charge is 2.16. The van der Waals surface area contributed by atoms with Gasteiger partial charge in [-0.25, -0.2) is 0 Å². The number of likely N-dealkylation sites (tertiary alicyclic amines) is 1. The van der Waals surface area contributed by atoms with Crippen LogP contribution in [0.3, 0.4) is 0 Å². The van der Waals surface area contributed by atoms with Gasteiger partial charge in [-0.2, -0.15) is 5.10 Å². The van der Waals surface area contributed by atoms with Crippen molar-refractivity contribution in [1.29, 1.82) is 0 Å². The third-order valence-corrected chi connectivity index (χ3v) is 4.41. The molecule has 1 atom stereocenters. The van der Waals surface area contributed by atoms with E-state index in [0.717, 1.165) is 29.7 Å². The summed E-state index contributed by atoms with van der Waals surface area (Å²) < 4.78 is 0. The molecule has 0 amide bonds. The molecule has 2 aromatic rings. The van der Waals surface area contributed by atoms with Crippen molar-refractivity contribution >= 4 is 16.7 Å². The maximum Gasteiger partial charge on any atom is 0.155 e. The van der Waals surface area contributed by atoms with Crippen molar-refractivity contribution in [2.75, 3.05) is 25.0 Å². The lowest BCUT2D eigenvalue weighted by Gasteiger charge is -2.32. The number of piperidine rings is 1. The predicted octanol–water partition coefficient (Wildman–Crippen LogP) is 2.94. The number of aromatic amines is 1. The highest BCUT2D eigenvalue weighted by atomic mass is 16.3. The van der Waals surface area contributed by atoms with Crippen molar-refractivity contribution in [2.24, 2.45) is 0 Å². The maximum absolute atomic E-state index is 9.58. The van der Waals surface area contributed by atoms with Crippen LogP contribution in [0.4, 0.5) is 5.82 Å². The van der Waals surface area contributed by atoms with Crippen LogP contribution in [0, 0.1) is 0 Å². The third kappa shape index (κ3) is 3.29. The average molecular weight is 288 g/mol. The Morgan fingerprint density at radius 2 is 2.14 bits per heavy atom. The van der Waals surface area contributed by atoms with E-state index < -0.39 is 0 Å². The molecular formula is C16H24N4O. The molecule has 0 saturated carbocycles. The molecule has 1 saturated heterocycles. The third-order valence-electron chi connectivity index (χ3n) is 4.41. The molecule has 2 heterocycles. The van der Waals surface area contributed by atoms with Gasteiger partial charge in [-0.3, -0.25) is 5.10 Å². The van der Waals surface area contributed by atoms with Crippen LogP contribution in [0.5, 0.6) is 5.75 Å². The Labute approximate surface area is 125 Å². The van der Waals surface area contributed by atoms with Crippen LogP contribution < -0.4 is 5.32 Å². The van der Waals surface area contributed by atoms with E-state index in [4.69, 9.17) is 0 Å². The summed E-state index contributed by atoms with van der Waals surface area (Å²) in [7, 11) is 0. The Morgan fingerprint density at radius 3 is 2.95 bits per heavy atom. The van der Waals surface area contributed by atoms with Crippen LogP contribution in [0.1, 0.15) is 32.6 Å². The number of anilines is 1. The van der Waals surface area contributed by atoms with Crippen LogP contribution in [0.2, 0.25) is 0 Å². The van der Waals surface area contributed by atoms with Gasteiger partial charge in [-0.15, -0.1) is 0 Å². The second-order valence-corrected chi connectivity index (χ2v) is 5.96. The standard InChI is InChI=1S/C16H24N4O/c1-12(20-9-3-2-4-10-20)7-8-17-16-14-11-13(21)5-6-15(14)18-19-16/h5-6,11-12,21H,2-4,7-10H2,1H3,(H2,17,18,19). The van der Waals surface area contributed by atoms with E-state index in [1.165, 1.54) is 32.4 Å². The SMILES string of the molecule is CC(CCNc1n[nH]c2ccc(O)cc12)N1CCCCC1. The van der Waals surface area contributed by atoms with Crippen molar-refractivity contribution in [1.82, 2.24) is 15.1 Å². The van der Waals surface area contributed by atoms with E-state index in [9.17, 15) is 5.11 Å². The van der Waals surface area contributed by atoms with E-state index in [0.29, 0.717) is 6.04 Å². The number of hydrogen-bond donors (Lipinski definition) is 3. The number of nitrogens with zero attached hydrogens (tertiary/aromatic N) is 2. The summed E-state index contributed by atoms with van der Waals surface area (Å²) in [5.74, 6) is 1.10. The Bertz CT molecular complexity index is 589. The van der Waals surface area contributed by atoms with Gasteiger partial charge >= 0.3 is 0 Å². The zero-order valence-electron chi connectivity index (χ0n) is 12.6. The average Bonchev–Trinajstić information content (AvgIpc) is 2.90. The van der Waals surface area contributed by atoms with Crippen LogP contribution in [0.25, 0.3) is 10.9 Å². The van der Waals surface area contributed by atoms with Crippen LogP contribution in [-0.4, -0.2) is 45.9 Å². The first-order valence-corrected chi connectivity index (χ1v) is 7.89. The second kappa shape index (κ2) is 6.35. The largest absolute Gasteiger partial charge is 0.508 e. The molecule has 0 spiro atoms. The summed E-state index contributed by atoms with van der Waals surface area (Å²) in [4.78, 5) is 2.58. The monoisotopic (exact) mass is 288 g/mol. The topological polar surface area (TPSA) is 64.2 Å². The smallest absolute Gasteiger partial charge is 0.155 e. The van der Waals surface area contributed by atoms with E-state index in [-0.39, 0.29) is 5.75 Å². The van der Waals surface area contributed by atoms with Gasteiger partial charge in [-0.05, 0) is 57.5 Å². The molecule has 5 nitrogen and oxygen atoms in total. The molecule has 0 bridgehead atoms. The summed E-state index contributed by atoms with van der Waals surface area (Å²) in [6, 6.07) is 5.87. The van der Waals surface area contributed by atoms with E-state index >= 15 is 0 Å². The van der Waals surface area contributed by atoms with Crippen molar-refractivity contribution in [3.8, 4) is 5.75 Å². The van der Waals surface area contributed by atoms with Crippen LogP contribution >= 0.6 is 0 Å². The highest BCUT2D eigenvalue weighted by Crippen LogP contribution is 2.24. The second-order valence-electron chi connectivity index (χ2n) is 5.96. The number of phenols is 1. The Hall–Kier alpha value is -1.75. The van der Waals surface area contributed by atoms with Gasteiger partial charge in [0.2, 0.25) is 0 Å². The minimum absolute atomic E-state index is 0.272. The predicted molar refractivity (Wildman–Crippen MR) is 85.8 cm³/mol. The number of fused-ring (bicyclic) bond motifs is 1. The summed E-state index contributed by atoms with van der Waals surface area (Å²) in [5.41, 5.74) is 0.944. The van der Waals surface area contributed by atoms with E-state index in [2.05, 4.69) is 27.3 Å². The first kappa shape index (κ1) is 14.2. The number of aromatic hydroxyl groups is 1. The minimum Gasteiger partial charge on any atom is -0.508 e. The molecule has 3 rings (SSSR count). The number of benzene rings is 1. The Balaban J connectivity index is 1.55. The van der Waals surface area contributed by atoms with Gasteiger partial charge in [0.05, 0.1) is 5.52 Å². The first-order chi connectivity index (χ1) is 10.2. The lowest BCUT2D eigenvalue weighted by Crippen LogP contribution is -2.38. The molecule has 1 aromatic carbocycles. The summed E-state index contributed by atoms with van der Waals surface area (Å²) in [6.45, 7) is 5.68. The molecular weight excluding hydrogens is 264 g/mol. The van der Waals surface area contributed by atoms with Gasteiger partial charge in [0.1, 0.15) is 5.75 Å².